The van der Waals surface area contributed by atoms with E-state index in [2.05, 4.69) is 13.0 Å². The molecular weight excluding hydrogens is 350 g/mol. The fraction of sp³-hybridized carbons (Fsp3) is 0.462. The van der Waals surface area contributed by atoms with Crippen LogP contribution in [0.2, 0.25) is 0 Å². The zero-order chi connectivity index (χ0) is 19.9. The fourth-order valence-corrected chi connectivity index (χ4v) is 4.55. The summed E-state index contributed by atoms with van der Waals surface area (Å²) in [6, 6.07) is 10.6. The predicted molar refractivity (Wildman–Crippen MR) is 115 cm³/mol. The van der Waals surface area contributed by atoms with Crippen molar-refractivity contribution in [2.45, 2.75) is 71.1 Å². The van der Waals surface area contributed by atoms with Crippen LogP contribution in [-0.4, -0.2) is 0 Å². The van der Waals surface area contributed by atoms with Gasteiger partial charge in [0.1, 0.15) is 11.6 Å². The van der Waals surface area contributed by atoms with Crippen LogP contribution in [0.5, 0.6) is 0 Å². The van der Waals surface area contributed by atoms with Crippen molar-refractivity contribution < 1.29 is 8.78 Å². The first-order valence-corrected chi connectivity index (χ1v) is 10.8. The molecule has 1 aliphatic carbocycles. The number of rotatable bonds is 7. The predicted octanol–water partition coefficient (Wildman–Crippen LogP) is 8.21. The van der Waals surface area contributed by atoms with E-state index in [1.54, 1.807) is 24.3 Å². The van der Waals surface area contributed by atoms with E-state index >= 15 is 0 Å². The van der Waals surface area contributed by atoms with Crippen LogP contribution in [0.15, 0.2) is 48.6 Å². The Kier molecular flexibility index (Phi) is 7.42. The maximum absolute atomic E-state index is 14.8. The van der Waals surface area contributed by atoms with Gasteiger partial charge in [-0.25, -0.2) is 8.78 Å². The van der Waals surface area contributed by atoms with Crippen molar-refractivity contribution >= 4 is 0 Å². The molecule has 0 radical (unpaired) electrons. The summed E-state index contributed by atoms with van der Waals surface area (Å²) in [7, 11) is 0. The monoisotopic (exact) mass is 382 g/mol. The highest BCUT2D eigenvalue weighted by Gasteiger charge is 2.23. The van der Waals surface area contributed by atoms with E-state index in [4.69, 9.17) is 0 Å². The Morgan fingerprint density at radius 1 is 0.929 bits per heavy atom. The molecule has 2 aromatic carbocycles. The summed E-state index contributed by atoms with van der Waals surface area (Å²) in [6.45, 7) is 4.22. The Morgan fingerprint density at radius 3 is 2.21 bits per heavy atom. The van der Waals surface area contributed by atoms with E-state index < -0.39 is 0 Å². The average molecular weight is 383 g/mol. The zero-order valence-corrected chi connectivity index (χ0v) is 17.2. The molecule has 0 aromatic heterocycles. The molecule has 150 valence electrons. The molecule has 2 heteroatoms. The second kappa shape index (κ2) is 10.0. The van der Waals surface area contributed by atoms with E-state index in [1.807, 2.05) is 25.1 Å². The van der Waals surface area contributed by atoms with Gasteiger partial charge in [0, 0.05) is 11.1 Å². The van der Waals surface area contributed by atoms with Crippen LogP contribution in [0.4, 0.5) is 8.78 Å². The van der Waals surface area contributed by atoms with Gasteiger partial charge in [-0.15, -0.1) is 0 Å². The van der Waals surface area contributed by atoms with Gasteiger partial charge in [0.05, 0.1) is 0 Å². The molecule has 0 unspecified atom stereocenters. The third-order valence-electron chi connectivity index (χ3n) is 6.17. The van der Waals surface area contributed by atoms with E-state index in [1.165, 1.54) is 25.7 Å². The van der Waals surface area contributed by atoms with Crippen molar-refractivity contribution in [2.75, 3.05) is 0 Å². The van der Waals surface area contributed by atoms with Crippen LogP contribution in [0.3, 0.4) is 0 Å². The number of aryl methyl sites for hydroxylation is 1. The maximum Gasteiger partial charge on any atom is 0.131 e. The lowest BCUT2D eigenvalue weighted by atomic mass is 9.77. The molecule has 0 aliphatic heterocycles. The average Bonchev–Trinajstić information content (AvgIpc) is 2.70. The van der Waals surface area contributed by atoms with Gasteiger partial charge in [-0.2, -0.15) is 0 Å². The molecule has 2 aromatic rings. The summed E-state index contributed by atoms with van der Waals surface area (Å²) in [4.78, 5) is 0. The minimum Gasteiger partial charge on any atom is -0.206 e. The molecule has 3 rings (SSSR count). The van der Waals surface area contributed by atoms with Crippen molar-refractivity contribution in [3.05, 3.63) is 71.3 Å². The van der Waals surface area contributed by atoms with Crippen LogP contribution < -0.4 is 0 Å². The highest BCUT2D eigenvalue weighted by atomic mass is 19.1. The highest BCUT2D eigenvalue weighted by molar-refractivity contribution is 5.65. The van der Waals surface area contributed by atoms with Gasteiger partial charge in [0.25, 0.3) is 0 Å². The summed E-state index contributed by atoms with van der Waals surface area (Å²) in [5.74, 6) is 0.625. The van der Waals surface area contributed by atoms with Crippen molar-refractivity contribution in [1.82, 2.24) is 0 Å². The normalized spacial score (nSPS) is 20.0. The Balaban J connectivity index is 1.72. The molecule has 0 nitrogen and oxygen atoms in total. The van der Waals surface area contributed by atoms with Gasteiger partial charge in [-0.05, 0) is 80.5 Å². The summed E-state index contributed by atoms with van der Waals surface area (Å²) >= 11 is 0. The van der Waals surface area contributed by atoms with Crippen LogP contribution >= 0.6 is 0 Å². The van der Waals surface area contributed by atoms with E-state index in [-0.39, 0.29) is 11.6 Å². The van der Waals surface area contributed by atoms with Gasteiger partial charge in [-0.3, -0.25) is 0 Å². The number of hydrogen-bond donors (Lipinski definition) is 0. The second-order valence-corrected chi connectivity index (χ2v) is 8.17. The molecule has 0 N–H and O–H groups in total. The minimum atomic E-state index is -0.343. The summed E-state index contributed by atoms with van der Waals surface area (Å²) in [6.07, 6.45) is 13.1. The SMILES string of the molecule is C/C=C/CCc1ccc(-c2ccc(C3CCC(CCC)CC3)cc2F)c(F)c1. The standard InChI is InChI=1S/C26H32F2/c1-3-5-6-8-20-11-15-23(25(27)17-20)24-16-14-22(18-26(24)28)21-12-9-19(7-4-2)10-13-21/h3,5,11,14-19,21H,4,6-10,12-13H2,1-2H3/b5-3+. The van der Waals surface area contributed by atoms with Crippen LogP contribution in [0, 0.1) is 17.6 Å². The Hall–Kier alpha value is -1.96. The molecule has 0 spiro atoms. The highest BCUT2D eigenvalue weighted by Crippen LogP contribution is 2.38. The van der Waals surface area contributed by atoms with Crippen LogP contribution in [-0.2, 0) is 6.42 Å². The van der Waals surface area contributed by atoms with Gasteiger partial charge in [0.2, 0.25) is 0 Å². The zero-order valence-electron chi connectivity index (χ0n) is 17.2. The lowest BCUT2D eigenvalue weighted by molar-refractivity contribution is 0.308. The van der Waals surface area contributed by atoms with Crippen LogP contribution in [0.1, 0.15) is 75.8 Å². The molecule has 0 heterocycles. The second-order valence-electron chi connectivity index (χ2n) is 8.17. The van der Waals surface area contributed by atoms with Gasteiger partial charge >= 0.3 is 0 Å². The quantitative estimate of drug-likeness (QED) is 0.423. The first-order chi connectivity index (χ1) is 13.6. The fourth-order valence-electron chi connectivity index (χ4n) is 4.55. The lowest BCUT2D eigenvalue weighted by Crippen LogP contribution is -2.13. The van der Waals surface area contributed by atoms with E-state index in [9.17, 15) is 8.78 Å². The summed E-state index contributed by atoms with van der Waals surface area (Å²) in [5, 5.41) is 0. The maximum atomic E-state index is 14.8. The van der Waals surface area contributed by atoms with E-state index in [0.717, 1.165) is 42.7 Å². The first-order valence-electron chi connectivity index (χ1n) is 10.8. The molecule has 0 atom stereocenters. The largest absolute Gasteiger partial charge is 0.206 e. The molecule has 0 bridgehead atoms. The Morgan fingerprint density at radius 2 is 1.61 bits per heavy atom. The van der Waals surface area contributed by atoms with Crippen molar-refractivity contribution in [3.8, 4) is 11.1 Å². The summed E-state index contributed by atoms with van der Waals surface area (Å²) in [5.41, 5.74) is 2.73. The molecule has 0 saturated heterocycles. The Labute approximate surface area is 168 Å². The van der Waals surface area contributed by atoms with Gasteiger partial charge in [0.15, 0.2) is 0 Å². The number of allylic oxidation sites excluding steroid dienone is 2. The molecule has 0 amide bonds. The molecule has 1 aliphatic rings. The number of benzene rings is 2. The van der Waals surface area contributed by atoms with Crippen molar-refractivity contribution in [2.24, 2.45) is 5.92 Å². The molecule has 28 heavy (non-hydrogen) atoms. The first kappa shape index (κ1) is 20.8. The van der Waals surface area contributed by atoms with Crippen molar-refractivity contribution in [3.63, 3.8) is 0 Å². The lowest BCUT2D eigenvalue weighted by Gasteiger charge is -2.28. The number of hydrogen-bond acceptors (Lipinski definition) is 0. The van der Waals surface area contributed by atoms with Crippen LogP contribution in [0.25, 0.3) is 11.1 Å². The number of halogens is 2. The van der Waals surface area contributed by atoms with Gasteiger partial charge < -0.3 is 0 Å². The molecule has 1 fully saturated rings. The van der Waals surface area contributed by atoms with Gasteiger partial charge in [-0.1, -0.05) is 56.2 Å². The minimum absolute atomic E-state index is 0.311. The third-order valence-corrected chi connectivity index (χ3v) is 6.17. The smallest absolute Gasteiger partial charge is 0.131 e. The Bertz CT molecular complexity index is 798. The topological polar surface area (TPSA) is 0 Å². The molecular formula is C26H32F2. The molecule has 1 saturated carbocycles. The van der Waals surface area contributed by atoms with E-state index in [0.29, 0.717) is 17.0 Å². The van der Waals surface area contributed by atoms with Crippen molar-refractivity contribution in [1.29, 1.82) is 0 Å². The third kappa shape index (κ3) is 5.10. The summed E-state index contributed by atoms with van der Waals surface area (Å²) < 4.78 is 29.5.